The van der Waals surface area contributed by atoms with Gasteiger partial charge in [0.2, 0.25) is 0 Å². The monoisotopic (exact) mass is 293 g/mol. The van der Waals surface area contributed by atoms with Crippen LogP contribution in [0.2, 0.25) is 0 Å². The van der Waals surface area contributed by atoms with Crippen LogP contribution in [0, 0.1) is 5.41 Å². The van der Waals surface area contributed by atoms with E-state index in [0.29, 0.717) is 19.4 Å². The number of rotatable bonds is 8. The Kier molecular flexibility index (Phi) is 6.21. The molecule has 0 saturated carbocycles. The first-order valence-electron chi connectivity index (χ1n) is 6.98. The number of carbonyl (C=O) groups is 2. The largest absolute Gasteiger partial charge is 0.481 e. The van der Waals surface area contributed by atoms with Crippen molar-refractivity contribution < 1.29 is 19.4 Å². The van der Waals surface area contributed by atoms with Crippen molar-refractivity contribution >= 4 is 17.6 Å². The molecule has 21 heavy (non-hydrogen) atoms. The second-order valence-electron chi connectivity index (χ2n) is 5.65. The van der Waals surface area contributed by atoms with Gasteiger partial charge in [-0.15, -0.1) is 0 Å². The quantitative estimate of drug-likeness (QED) is 0.721. The van der Waals surface area contributed by atoms with Gasteiger partial charge in [0.1, 0.15) is 0 Å². The molecule has 0 unspecified atom stereocenters. The number of aliphatic carboxylic acids is 1. The van der Waals surface area contributed by atoms with E-state index in [1.54, 1.807) is 0 Å². The highest BCUT2D eigenvalue weighted by molar-refractivity contribution is 5.75. The lowest BCUT2D eigenvalue weighted by atomic mass is 9.89. The molecule has 0 radical (unpaired) electrons. The molecular formula is C16H23NO4. The summed E-state index contributed by atoms with van der Waals surface area (Å²) in [5, 5.41) is 11.9. The fourth-order valence-electron chi connectivity index (χ4n) is 1.99. The average molecular weight is 293 g/mol. The molecular weight excluding hydrogens is 270 g/mol. The zero-order chi connectivity index (χ0) is 15.9. The Hall–Kier alpha value is -2.04. The molecule has 0 bridgehead atoms. The van der Waals surface area contributed by atoms with E-state index in [1.807, 2.05) is 38.1 Å². The highest BCUT2D eigenvalue weighted by Gasteiger charge is 2.27. The minimum Gasteiger partial charge on any atom is -0.481 e. The molecule has 2 N–H and O–H groups in total. The van der Waals surface area contributed by atoms with Crippen molar-refractivity contribution in [3.63, 3.8) is 0 Å². The van der Waals surface area contributed by atoms with Gasteiger partial charge in [-0.05, 0) is 44.4 Å². The van der Waals surface area contributed by atoms with Crippen molar-refractivity contribution in [2.45, 2.75) is 33.1 Å². The third kappa shape index (κ3) is 5.85. The number of ether oxygens (including phenoxy) is 1. The Morgan fingerprint density at radius 2 is 2.05 bits per heavy atom. The van der Waals surface area contributed by atoms with Gasteiger partial charge in [0.15, 0.2) is 0 Å². The van der Waals surface area contributed by atoms with Crippen LogP contribution in [-0.4, -0.2) is 30.7 Å². The van der Waals surface area contributed by atoms with E-state index in [0.717, 1.165) is 11.3 Å². The number of nitrogens with one attached hydrogen (secondary N) is 1. The number of esters is 1. The van der Waals surface area contributed by atoms with E-state index in [4.69, 9.17) is 9.84 Å². The maximum absolute atomic E-state index is 11.6. The van der Waals surface area contributed by atoms with Gasteiger partial charge < -0.3 is 15.2 Å². The van der Waals surface area contributed by atoms with E-state index >= 15 is 0 Å². The summed E-state index contributed by atoms with van der Waals surface area (Å²) in [7, 11) is 1.39. The second-order valence-corrected chi connectivity index (χ2v) is 5.65. The third-order valence-electron chi connectivity index (χ3n) is 3.37. The van der Waals surface area contributed by atoms with Gasteiger partial charge in [0.05, 0.1) is 12.5 Å². The number of aryl methyl sites for hydroxylation is 1. The maximum Gasteiger partial charge on any atom is 0.311 e. The molecule has 0 saturated heterocycles. The van der Waals surface area contributed by atoms with Crippen molar-refractivity contribution in [2.75, 3.05) is 19.0 Å². The number of carboxylic acid groups (broad SMARTS) is 1. The fourth-order valence-corrected chi connectivity index (χ4v) is 1.99. The number of carbonyl (C=O) groups excluding carboxylic acids is 1. The molecule has 0 aliphatic rings. The van der Waals surface area contributed by atoms with Crippen LogP contribution in [-0.2, 0) is 20.7 Å². The van der Waals surface area contributed by atoms with Crippen molar-refractivity contribution in [1.29, 1.82) is 0 Å². The Morgan fingerprint density at radius 3 is 2.67 bits per heavy atom. The van der Waals surface area contributed by atoms with Crippen molar-refractivity contribution in [1.82, 2.24) is 0 Å². The molecule has 1 aromatic rings. The summed E-state index contributed by atoms with van der Waals surface area (Å²) < 4.78 is 4.77. The van der Waals surface area contributed by atoms with Gasteiger partial charge in [0.25, 0.3) is 0 Å². The van der Waals surface area contributed by atoms with E-state index in [1.165, 1.54) is 7.11 Å². The zero-order valence-corrected chi connectivity index (χ0v) is 12.8. The molecule has 5 nitrogen and oxygen atoms in total. The van der Waals surface area contributed by atoms with Gasteiger partial charge in [-0.3, -0.25) is 9.59 Å². The normalized spacial score (nSPS) is 11.0. The number of hydrogen-bond donors (Lipinski definition) is 2. The summed E-state index contributed by atoms with van der Waals surface area (Å²) in [5.74, 6) is -1.02. The molecule has 0 aliphatic heterocycles. The first kappa shape index (κ1) is 17.0. The highest BCUT2D eigenvalue weighted by Crippen LogP contribution is 2.22. The van der Waals surface area contributed by atoms with Crippen LogP contribution in [0.4, 0.5) is 5.69 Å². The van der Waals surface area contributed by atoms with Gasteiger partial charge in [-0.1, -0.05) is 12.1 Å². The summed E-state index contributed by atoms with van der Waals surface area (Å²) >= 11 is 0. The van der Waals surface area contributed by atoms with Gasteiger partial charge in [-0.25, -0.2) is 0 Å². The highest BCUT2D eigenvalue weighted by atomic mass is 16.5. The summed E-state index contributed by atoms with van der Waals surface area (Å²) in [5.41, 5.74) is 1.39. The molecule has 0 spiro atoms. The van der Waals surface area contributed by atoms with Gasteiger partial charge >= 0.3 is 11.9 Å². The zero-order valence-electron chi connectivity index (χ0n) is 12.8. The Bertz CT molecular complexity index is 497. The first-order chi connectivity index (χ1) is 9.85. The van der Waals surface area contributed by atoms with Crippen LogP contribution >= 0.6 is 0 Å². The SMILES string of the molecule is COC(=O)C(C)(C)CCNc1cccc(CCC(=O)O)c1. The molecule has 0 aliphatic carbocycles. The molecule has 5 heteroatoms. The van der Waals surface area contributed by atoms with E-state index in [-0.39, 0.29) is 12.4 Å². The number of anilines is 1. The molecule has 1 rings (SSSR count). The molecule has 0 aromatic heterocycles. The molecule has 0 amide bonds. The molecule has 1 aromatic carbocycles. The lowest BCUT2D eigenvalue weighted by Crippen LogP contribution is -2.28. The minimum absolute atomic E-state index is 0.124. The number of benzene rings is 1. The van der Waals surface area contributed by atoms with E-state index in [9.17, 15) is 9.59 Å². The lowest BCUT2D eigenvalue weighted by Gasteiger charge is -2.21. The maximum atomic E-state index is 11.6. The smallest absolute Gasteiger partial charge is 0.311 e. The van der Waals surface area contributed by atoms with Gasteiger partial charge in [0, 0.05) is 18.7 Å². The van der Waals surface area contributed by atoms with Crippen LogP contribution in [0.3, 0.4) is 0 Å². The molecule has 116 valence electrons. The third-order valence-corrected chi connectivity index (χ3v) is 3.37. The Morgan fingerprint density at radius 1 is 1.33 bits per heavy atom. The predicted molar refractivity (Wildman–Crippen MR) is 81.3 cm³/mol. The van der Waals surface area contributed by atoms with Crippen LogP contribution in [0.5, 0.6) is 0 Å². The molecule has 0 atom stereocenters. The minimum atomic E-state index is -0.798. The fraction of sp³-hybridized carbons (Fsp3) is 0.500. The number of hydrogen-bond acceptors (Lipinski definition) is 4. The standard InChI is InChI=1S/C16H23NO4/c1-16(2,15(20)21-3)9-10-17-13-6-4-5-12(11-13)7-8-14(18)19/h4-6,11,17H,7-10H2,1-3H3,(H,18,19). The summed E-state index contributed by atoms with van der Waals surface area (Å²) in [6.07, 6.45) is 1.29. The summed E-state index contributed by atoms with van der Waals surface area (Å²) in [6, 6.07) is 7.67. The average Bonchev–Trinajstić information content (AvgIpc) is 2.44. The lowest BCUT2D eigenvalue weighted by molar-refractivity contribution is -0.150. The predicted octanol–water partition coefficient (Wildman–Crippen LogP) is 2.71. The Balaban J connectivity index is 2.50. The van der Waals surface area contributed by atoms with E-state index < -0.39 is 11.4 Å². The van der Waals surface area contributed by atoms with Crippen LogP contribution in [0.25, 0.3) is 0 Å². The summed E-state index contributed by atoms with van der Waals surface area (Å²) in [6.45, 7) is 4.35. The first-order valence-corrected chi connectivity index (χ1v) is 6.98. The topological polar surface area (TPSA) is 75.6 Å². The number of carboxylic acids is 1. The van der Waals surface area contributed by atoms with Crippen LogP contribution in [0.15, 0.2) is 24.3 Å². The van der Waals surface area contributed by atoms with Crippen LogP contribution < -0.4 is 5.32 Å². The molecule has 0 fully saturated rings. The van der Waals surface area contributed by atoms with Crippen LogP contribution in [0.1, 0.15) is 32.3 Å². The van der Waals surface area contributed by atoms with Crippen molar-refractivity contribution in [2.24, 2.45) is 5.41 Å². The molecule has 0 heterocycles. The van der Waals surface area contributed by atoms with Crippen molar-refractivity contribution in [3.05, 3.63) is 29.8 Å². The summed E-state index contributed by atoms with van der Waals surface area (Å²) in [4.78, 5) is 22.1. The van der Waals surface area contributed by atoms with Gasteiger partial charge in [-0.2, -0.15) is 0 Å². The second kappa shape index (κ2) is 7.67. The van der Waals surface area contributed by atoms with E-state index in [2.05, 4.69) is 5.32 Å². The van der Waals surface area contributed by atoms with Crippen molar-refractivity contribution in [3.8, 4) is 0 Å². The number of methoxy groups -OCH3 is 1. The Labute approximate surface area is 125 Å².